The van der Waals surface area contributed by atoms with Crippen molar-refractivity contribution in [3.63, 3.8) is 0 Å². The highest BCUT2D eigenvalue weighted by Gasteiger charge is 2.07. The Morgan fingerprint density at radius 3 is 2.71 bits per heavy atom. The van der Waals surface area contributed by atoms with Crippen LogP contribution in [0.25, 0.3) is 0 Å². The lowest BCUT2D eigenvalue weighted by atomic mass is 10.1. The summed E-state index contributed by atoms with van der Waals surface area (Å²) >= 11 is 0. The largest absolute Gasteiger partial charge is 0.497 e. The van der Waals surface area contributed by atoms with Gasteiger partial charge in [-0.2, -0.15) is 5.26 Å². The van der Waals surface area contributed by atoms with Gasteiger partial charge in [-0.05, 0) is 35.9 Å². The van der Waals surface area contributed by atoms with Gasteiger partial charge >= 0.3 is 0 Å². The van der Waals surface area contributed by atoms with Crippen LogP contribution >= 0.6 is 0 Å². The van der Waals surface area contributed by atoms with Crippen LogP contribution in [0.4, 0.5) is 4.39 Å². The van der Waals surface area contributed by atoms with Gasteiger partial charge in [-0.15, -0.1) is 0 Å². The maximum atomic E-state index is 13.3. The molecule has 0 atom stereocenters. The van der Waals surface area contributed by atoms with Gasteiger partial charge in [-0.3, -0.25) is 0 Å². The molecule has 0 aliphatic carbocycles. The van der Waals surface area contributed by atoms with Crippen LogP contribution in [0, 0.1) is 17.1 Å². The summed E-state index contributed by atoms with van der Waals surface area (Å²) in [5.74, 6) is 0.569. The van der Waals surface area contributed by atoms with Crippen molar-refractivity contribution in [1.29, 1.82) is 5.26 Å². The Morgan fingerprint density at radius 1 is 1.24 bits per heavy atom. The molecule has 108 valence electrons. The first-order valence-corrected chi connectivity index (χ1v) is 6.26. The summed E-state index contributed by atoms with van der Waals surface area (Å²) in [6, 6.07) is 11.0. The average Bonchev–Trinajstić information content (AvgIpc) is 2.51. The maximum absolute atomic E-state index is 13.3. The zero-order chi connectivity index (χ0) is 15.2. The van der Waals surface area contributed by atoms with E-state index in [0.717, 1.165) is 6.07 Å². The second-order valence-corrected chi connectivity index (χ2v) is 4.38. The number of ether oxygens (including phenoxy) is 2. The highest BCUT2D eigenvalue weighted by molar-refractivity contribution is 5.41. The first-order chi connectivity index (χ1) is 10.2. The Hall–Kier alpha value is -2.58. The molecule has 21 heavy (non-hydrogen) atoms. The number of methoxy groups -OCH3 is 1. The summed E-state index contributed by atoms with van der Waals surface area (Å²) in [4.78, 5) is 0. The molecule has 0 aromatic heterocycles. The lowest BCUT2D eigenvalue weighted by molar-refractivity contribution is 0.257. The van der Waals surface area contributed by atoms with Gasteiger partial charge < -0.3 is 14.6 Å². The van der Waals surface area contributed by atoms with E-state index in [1.165, 1.54) is 13.2 Å². The Balaban J connectivity index is 2.19. The second-order valence-electron chi connectivity index (χ2n) is 4.38. The zero-order valence-corrected chi connectivity index (χ0v) is 11.5. The van der Waals surface area contributed by atoms with Crippen LogP contribution in [0.2, 0.25) is 0 Å². The van der Waals surface area contributed by atoms with Gasteiger partial charge in [-0.25, -0.2) is 4.39 Å². The van der Waals surface area contributed by atoms with E-state index >= 15 is 0 Å². The molecule has 5 heteroatoms. The molecule has 1 N–H and O–H groups in total. The number of halogens is 1. The lowest BCUT2D eigenvalue weighted by Crippen LogP contribution is -2.00. The standard InChI is InChI=1S/C16H14FNO3/c1-20-15-3-2-13(9-19)16(7-15)21-10-12-4-11(8-18)5-14(17)6-12/h2-7,19H,9-10H2,1H3. The van der Waals surface area contributed by atoms with Crippen molar-refractivity contribution in [2.75, 3.05) is 7.11 Å². The van der Waals surface area contributed by atoms with E-state index in [9.17, 15) is 9.50 Å². The maximum Gasteiger partial charge on any atom is 0.129 e. The summed E-state index contributed by atoms with van der Waals surface area (Å²) < 4.78 is 24.0. The minimum absolute atomic E-state index is 0.0899. The summed E-state index contributed by atoms with van der Waals surface area (Å²) in [7, 11) is 1.53. The van der Waals surface area contributed by atoms with Crippen LogP contribution in [0.5, 0.6) is 11.5 Å². The molecule has 2 rings (SSSR count). The molecule has 0 saturated carbocycles. The summed E-state index contributed by atoms with van der Waals surface area (Å²) in [5.41, 5.74) is 1.38. The minimum atomic E-state index is -0.485. The molecular weight excluding hydrogens is 273 g/mol. The van der Waals surface area contributed by atoms with Crippen LogP contribution in [0.3, 0.4) is 0 Å². The van der Waals surface area contributed by atoms with Crippen LogP contribution < -0.4 is 9.47 Å². The Labute approximate surface area is 122 Å². The van der Waals surface area contributed by atoms with E-state index in [0.29, 0.717) is 22.6 Å². The third kappa shape index (κ3) is 3.71. The van der Waals surface area contributed by atoms with Gasteiger partial charge in [0.1, 0.15) is 23.9 Å². The average molecular weight is 287 g/mol. The predicted octanol–water partition coefficient (Wildman–Crippen LogP) is 2.78. The number of hydrogen-bond acceptors (Lipinski definition) is 4. The SMILES string of the molecule is COc1ccc(CO)c(OCc2cc(F)cc(C#N)c2)c1. The van der Waals surface area contributed by atoms with E-state index in [4.69, 9.17) is 14.7 Å². The molecule has 2 aromatic rings. The Morgan fingerprint density at radius 2 is 2.05 bits per heavy atom. The second kappa shape index (κ2) is 6.73. The molecule has 0 unspecified atom stereocenters. The Kier molecular flexibility index (Phi) is 4.75. The number of nitrogens with zero attached hydrogens (tertiary/aromatic N) is 1. The quantitative estimate of drug-likeness (QED) is 0.918. The molecule has 0 fully saturated rings. The fraction of sp³-hybridized carbons (Fsp3) is 0.188. The van der Waals surface area contributed by atoms with E-state index in [1.54, 1.807) is 24.3 Å². The van der Waals surface area contributed by atoms with E-state index < -0.39 is 5.82 Å². The molecule has 0 aliphatic rings. The van der Waals surface area contributed by atoms with Crippen molar-refractivity contribution in [3.05, 3.63) is 58.9 Å². The Bertz CT molecular complexity index is 680. The van der Waals surface area contributed by atoms with Crippen molar-refractivity contribution in [3.8, 4) is 17.6 Å². The number of hydrogen-bond donors (Lipinski definition) is 1. The number of aliphatic hydroxyl groups is 1. The van der Waals surface area contributed by atoms with Crippen molar-refractivity contribution in [2.24, 2.45) is 0 Å². The predicted molar refractivity (Wildman–Crippen MR) is 74.4 cm³/mol. The lowest BCUT2D eigenvalue weighted by Gasteiger charge is -2.12. The van der Waals surface area contributed by atoms with E-state index in [1.807, 2.05) is 6.07 Å². The topological polar surface area (TPSA) is 62.5 Å². The highest BCUT2D eigenvalue weighted by Crippen LogP contribution is 2.26. The zero-order valence-electron chi connectivity index (χ0n) is 11.5. The van der Waals surface area contributed by atoms with Crippen molar-refractivity contribution in [2.45, 2.75) is 13.2 Å². The van der Waals surface area contributed by atoms with Crippen LogP contribution in [-0.2, 0) is 13.2 Å². The first kappa shape index (κ1) is 14.8. The van der Waals surface area contributed by atoms with E-state index in [-0.39, 0.29) is 18.8 Å². The monoisotopic (exact) mass is 287 g/mol. The van der Waals surface area contributed by atoms with Crippen LogP contribution in [-0.4, -0.2) is 12.2 Å². The normalized spacial score (nSPS) is 10.0. The van der Waals surface area contributed by atoms with Gasteiger partial charge in [-0.1, -0.05) is 0 Å². The van der Waals surface area contributed by atoms with Crippen LogP contribution in [0.1, 0.15) is 16.7 Å². The molecule has 0 aliphatic heterocycles. The molecule has 0 heterocycles. The number of benzene rings is 2. The third-order valence-corrected chi connectivity index (χ3v) is 2.93. The molecular formula is C16H14FNO3. The van der Waals surface area contributed by atoms with Crippen molar-refractivity contribution >= 4 is 0 Å². The first-order valence-electron chi connectivity index (χ1n) is 6.26. The molecule has 0 spiro atoms. The summed E-state index contributed by atoms with van der Waals surface area (Å²) in [6.45, 7) is -0.0848. The fourth-order valence-corrected chi connectivity index (χ4v) is 1.89. The smallest absolute Gasteiger partial charge is 0.129 e. The van der Waals surface area contributed by atoms with Crippen molar-refractivity contribution in [1.82, 2.24) is 0 Å². The van der Waals surface area contributed by atoms with Crippen LogP contribution in [0.15, 0.2) is 36.4 Å². The molecule has 2 aromatic carbocycles. The van der Waals surface area contributed by atoms with E-state index in [2.05, 4.69) is 0 Å². The molecule has 0 radical (unpaired) electrons. The van der Waals surface area contributed by atoms with Gasteiger partial charge in [0.25, 0.3) is 0 Å². The third-order valence-electron chi connectivity index (χ3n) is 2.93. The minimum Gasteiger partial charge on any atom is -0.497 e. The summed E-state index contributed by atoms with van der Waals surface area (Å²) in [5, 5.41) is 18.1. The molecule has 4 nitrogen and oxygen atoms in total. The molecule has 0 amide bonds. The number of aliphatic hydroxyl groups excluding tert-OH is 1. The van der Waals surface area contributed by atoms with Gasteiger partial charge in [0.15, 0.2) is 0 Å². The van der Waals surface area contributed by atoms with Gasteiger partial charge in [0.2, 0.25) is 0 Å². The van der Waals surface area contributed by atoms with Crippen molar-refractivity contribution < 1.29 is 19.0 Å². The molecule has 0 saturated heterocycles. The molecule has 0 bridgehead atoms. The number of nitriles is 1. The fourth-order valence-electron chi connectivity index (χ4n) is 1.89. The van der Waals surface area contributed by atoms with Gasteiger partial charge in [0.05, 0.1) is 25.3 Å². The highest BCUT2D eigenvalue weighted by atomic mass is 19.1. The van der Waals surface area contributed by atoms with Gasteiger partial charge in [0, 0.05) is 11.6 Å². The summed E-state index contributed by atoms with van der Waals surface area (Å²) in [6.07, 6.45) is 0. The number of rotatable bonds is 5.